The van der Waals surface area contributed by atoms with Gasteiger partial charge in [0.1, 0.15) is 18.7 Å². The van der Waals surface area contributed by atoms with Gasteiger partial charge >= 0.3 is 6.03 Å². The van der Waals surface area contributed by atoms with E-state index in [0.717, 1.165) is 5.56 Å². The van der Waals surface area contributed by atoms with Crippen LogP contribution in [0, 0.1) is 6.92 Å². The van der Waals surface area contributed by atoms with Gasteiger partial charge in [-0.25, -0.2) is 9.78 Å². The molecule has 2 aromatic heterocycles. The van der Waals surface area contributed by atoms with E-state index in [1.54, 1.807) is 35.3 Å². The number of aryl methyl sites for hydroxylation is 1. The summed E-state index contributed by atoms with van der Waals surface area (Å²) in [6.07, 6.45) is 1.58. The van der Waals surface area contributed by atoms with Crippen molar-refractivity contribution in [2.45, 2.75) is 33.4 Å². The number of carbonyl (C=O) groups excluding carboxylic acids is 1. The lowest BCUT2D eigenvalue weighted by molar-refractivity contribution is 0.261. The number of nitrogens with one attached hydrogen (secondary N) is 2. The van der Waals surface area contributed by atoms with Crippen LogP contribution >= 0.6 is 11.6 Å². The zero-order valence-electron chi connectivity index (χ0n) is 18.4. The molecule has 0 aliphatic heterocycles. The Bertz CT molecular complexity index is 1380. The van der Waals surface area contributed by atoms with Crippen molar-refractivity contribution in [1.82, 2.24) is 19.2 Å². The molecule has 0 fully saturated rings. The molecular weight excluding hydrogens is 444 g/mol. The van der Waals surface area contributed by atoms with Gasteiger partial charge in [-0.3, -0.25) is 9.48 Å². The second kappa shape index (κ2) is 9.33. The van der Waals surface area contributed by atoms with E-state index in [9.17, 15) is 9.59 Å². The molecule has 4 aromatic rings. The van der Waals surface area contributed by atoms with E-state index in [4.69, 9.17) is 16.3 Å². The highest BCUT2D eigenvalue weighted by Crippen LogP contribution is 2.29. The van der Waals surface area contributed by atoms with E-state index in [0.29, 0.717) is 33.6 Å². The molecule has 170 valence electrons. The molecule has 2 N–H and O–H groups in total. The highest BCUT2D eigenvalue weighted by Gasteiger charge is 2.13. The maximum atomic E-state index is 12.6. The number of anilines is 2. The molecule has 10 heteroatoms. The van der Waals surface area contributed by atoms with Crippen LogP contribution in [0.25, 0.3) is 5.78 Å². The first-order valence-corrected chi connectivity index (χ1v) is 10.7. The van der Waals surface area contributed by atoms with Gasteiger partial charge in [0.25, 0.3) is 11.3 Å². The van der Waals surface area contributed by atoms with Gasteiger partial charge in [0.2, 0.25) is 0 Å². The quantitative estimate of drug-likeness (QED) is 0.430. The molecule has 0 aliphatic rings. The number of halogens is 1. The van der Waals surface area contributed by atoms with Crippen molar-refractivity contribution >= 4 is 34.8 Å². The minimum absolute atomic E-state index is 0.0100. The van der Waals surface area contributed by atoms with E-state index in [2.05, 4.69) is 20.6 Å². The monoisotopic (exact) mass is 466 g/mol. The summed E-state index contributed by atoms with van der Waals surface area (Å²) < 4.78 is 8.99. The molecule has 0 unspecified atom stereocenters. The van der Waals surface area contributed by atoms with Crippen LogP contribution in [-0.2, 0) is 6.61 Å². The number of urea groups is 1. The largest absolute Gasteiger partial charge is 0.485 e. The Morgan fingerprint density at radius 2 is 1.97 bits per heavy atom. The lowest BCUT2D eigenvalue weighted by atomic mass is 10.2. The summed E-state index contributed by atoms with van der Waals surface area (Å²) in [6, 6.07) is 13.4. The lowest BCUT2D eigenvalue weighted by Crippen LogP contribution is -2.23. The number of benzene rings is 2. The Labute approximate surface area is 195 Å². The Balaban J connectivity index is 1.51. The first kappa shape index (κ1) is 22.3. The summed E-state index contributed by atoms with van der Waals surface area (Å²) >= 11 is 6.12. The van der Waals surface area contributed by atoms with Crippen LogP contribution in [0.2, 0.25) is 5.02 Å². The molecule has 33 heavy (non-hydrogen) atoms. The third-order valence-corrected chi connectivity index (χ3v) is 5.06. The van der Waals surface area contributed by atoms with Crippen molar-refractivity contribution in [2.24, 2.45) is 0 Å². The standard InChI is InChI=1S/C23H23ClN6O3/c1-14(2)29-13-25-22-26-18(11-21(31)30(22)29)12-33-20-8-7-16(24)10-19(20)28-23(32)27-17-6-4-5-15(3)9-17/h4-11,13-14H,12H2,1-3H3,(H2,27,28,32). The fraction of sp³-hybridized carbons (Fsp3) is 0.217. The molecule has 0 aliphatic carbocycles. The van der Waals surface area contributed by atoms with Crippen molar-refractivity contribution in [3.8, 4) is 5.75 Å². The van der Waals surface area contributed by atoms with Crippen LogP contribution in [-0.4, -0.2) is 25.2 Å². The SMILES string of the molecule is Cc1cccc(NC(=O)Nc2cc(Cl)ccc2OCc2cc(=O)n3c(ncn3C(C)C)n2)c1. The van der Waals surface area contributed by atoms with E-state index in [1.165, 1.54) is 10.6 Å². The average molecular weight is 467 g/mol. The van der Waals surface area contributed by atoms with Gasteiger partial charge in [0, 0.05) is 22.8 Å². The van der Waals surface area contributed by atoms with E-state index in [1.807, 2.05) is 39.0 Å². The molecule has 2 aromatic carbocycles. The molecule has 0 bridgehead atoms. The molecule has 4 rings (SSSR count). The van der Waals surface area contributed by atoms with Crippen molar-refractivity contribution in [3.05, 3.63) is 81.5 Å². The number of nitrogens with zero attached hydrogens (tertiary/aromatic N) is 4. The summed E-state index contributed by atoms with van der Waals surface area (Å²) in [4.78, 5) is 33.7. The second-order valence-electron chi connectivity index (χ2n) is 7.79. The van der Waals surface area contributed by atoms with Gasteiger partial charge in [0.15, 0.2) is 0 Å². The number of hydrogen-bond acceptors (Lipinski definition) is 5. The van der Waals surface area contributed by atoms with Crippen LogP contribution in [0.5, 0.6) is 5.75 Å². The topological polar surface area (TPSA) is 103 Å². The Morgan fingerprint density at radius 1 is 1.15 bits per heavy atom. The zero-order chi connectivity index (χ0) is 23.5. The smallest absolute Gasteiger partial charge is 0.323 e. The maximum absolute atomic E-state index is 12.6. The maximum Gasteiger partial charge on any atom is 0.323 e. The van der Waals surface area contributed by atoms with Crippen LogP contribution < -0.4 is 20.9 Å². The van der Waals surface area contributed by atoms with Crippen molar-refractivity contribution in [1.29, 1.82) is 0 Å². The highest BCUT2D eigenvalue weighted by molar-refractivity contribution is 6.31. The highest BCUT2D eigenvalue weighted by atomic mass is 35.5. The van der Waals surface area contributed by atoms with Crippen molar-refractivity contribution in [3.63, 3.8) is 0 Å². The van der Waals surface area contributed by atoms with Gasteiger partial charge in [-0.05, 0) is 56.7 Å². The normalized spacial score (nSPS) is 11.1. The van der Waals surface area contributed by atoms with Crippen molar-refractivity contribution < 1.29 is 9.53 Å². The van der Waals surface area contributed by atoms with Gasteiger partial charge in [-0.15, -0.1) is 0 Å². The molecule has 2 heterocycles. The first-order chi connectivity index (χ1) is 15.8. The number of ether oxygens (including phenoxy) is 1. The zero-order valence-corrected chi connectivity index (χ0v) is 19.1. The summed E-state index contributed by atoms with van der Waals surface area (Å²) in [7, 11) is 0. The first-order valence-electron chi connectivity index (χ1n) is 10.3. The predicted octanol–water partition coefficient (Wildman–Crippen LogP) is 4.66. The average Bonchev–Trinajstić information content (AvgIpc) is 3.18. The van der Waals surface area contributed by atoms with Crippen LogP contribution in [0.15, 0.2) is 59.7 Å². The van der Waals surface area contributed by atoms with Gasteiger partial charge in [-0.2, -0.15) is 9.50 Å². The summed E-state index contributed by atoms with van der Waals surface area (Å²) in [5, 5.41) is 5.96. The van der Waals surface area contributed by atoms with Crippen molar-refractivity contribution in [2.75, 3.05) is 10.6 Å². The Morgan fingerprint density at radius 3 is 2.73 bits per heavy atom. The van der Waals surface area contributed by atoms with Crippen LogP contribution in [0.3, 0.4) is 0 Å². The number of fused-ring (bicyclic) bond motifs is 1. The number of aromatic nitrogens is 4. The minimum Gasteiger partial charge on any atom is -0.485 e. The number of rotatable bonds is 6. The van der Waals surface area contributed by atoms with E-state index in [-0.39, 0.29) is 18.2 Å². The van der Waals surface area contributed by atoms with Gasteiger partial charge < -0.3 is 15.4 Å². The summed E-state index contributed by atoms with van der Waals surface area (Å²) in [6.45, 7) is 5.86. The Kier molecular flexibility index (Phi) is 6.32. The third-order valence-electron chi connectivity index (χ3n) is 4.82. The lowest BCUT2D eigenvalue weighted by Gasteiger charge is -2.14. The predicted molar refractivity (Wildman–Crippen MR) is 127 cm³/mol. The molecule has 0 saturated heterocycles. The van der Waals surface area contributed by atoms with Gasteiger partial charge in [0.05, 0.1) is 11.4 Å². The number of amides is 2. The number of hydrogen-bond donors (Lipinski definition) is 2. The third kappa shape index (κ3) is 5.15. The second-order valence-corrected chi connectivity index (χ2v) is 8.23. The van der Waals surface area contributed by atoms with E-state index < -0.39 is 6.03 Å². The number of carbonyl (C=O) groups is 1. The van der Waals surface area contributed by atoms with Crippen LogP contribution in [0.4, 0.5) is 16.2 Å². The molecule has 0 radical (unpaired) electrons. The minimum atomic E-state index is -0.440. The van der Waals surface area contributed by atoms with Gasteiger partial charge in [-0.1, -0.05) is 23.7 Å². The molecule has 2 amide bonds. The molecule has 0 spiro atoms. The Hall–Kier alpha value is -3.85. The molecule has 0 atom stereocenters. The molecular formula is C23H23ClN6O3. The summed E-state index contributed by atoms with van der Waals surface area (Å²) in [5.41, 5.74) is 2.24. The molecule has 0 saturated carbocycles. The fourth-order valence-corrected chi connectivity index (χ4v) is 3.47. The fourth-order valence-electron chi connectivity index (χ4n) is 3.30. The van der Waals surface area contributed by atoms with E-state index >= 15 is 0 Å². The molecule has 9 nitrogen and oxygen atoms in total. The summed E-state index contributed by atoms with van der Waals surface area (Å²) in [5.74, 6) is 0.676. The van der Waals surface area contributed by atoms with Crippen LogP contribution in [0.1, 0.15) is 31.1 Å².